The summed E-state index contributed by atoms with van der Waals surface area (Å²) >= 11 is 1.66. The number of fused-ring (bicyclic) bond motifs is 1. The Hall–Kier alpha value is -0.570. The molecule has 0 radical (unpaired) electrons. The lowest BCUT2D eigenvalue weighted by atomic mass is 9.93. The summed E-state index contributed by atoms with van der Waals surface area (Å²) in [6.07, 6.45) is 3.59. The summed E-state index contributed by atoms with van der Waals surface area (Å²) in [5, 5.41) is 0.740. The molecule has 3 heteroatoms. The van der Waals surface area contributed by atoms with Crippen LogP contribution < -0.4 is 5.73 Å². The number of hydrogen-bond acceptors (Lipinski definition) is 3. The molecule has 11 heavy (non-hydrogen) atoms. The molecule has 0 saturated heterocycles. The smallest absolute Gasteiger partial charge is 0.180 e. The molecule has 60 valence electrons. The van der Waals surface area contributed by atoms with E-state index in [2.05, 4.69) is 11.9 Å². The van der Waals surface area contributed by atoms with E-state index >= 15 is 0 Å². The summed E-state index contributed by atoms with van der Waals surface area (Å²) in [5.41, 5.74) is 6.87. The molecule has 0 amide bonds. The topological polar surface area (TPSA) is 38.9 Å². The van der Waals surface area contributed by atoms with Gasteiger partial charge in [-0.1, -0.05) is 6.92 Å². The van der Waals surface area contributed by atoms with E-state index in [1.54, 1.807) is 11.3 Å². The van der Waals surface area contributed by atoms with Crippen molar-refractivity contribution in [2.45, 2.75) is 26.2 Å². The Morgan fingerprint density at radius 1 is 1.64 bits per heavy atom. The number of nitrogens with zero attached hydrogens (tertiary/aromatic N) is 1. The van der Waals surface area contributed by atoms with E-state index in [0.29, 0.717) is 0 Å². The van der Waals surface area contributed by atoms with Gasteiger partial charge in [-0.3, -0.25) is 0 Å². The van der Waals surface area contributed by atoms with Gasteiger partial charge in [-0.15, -0.1) is 11.3 Å². The van der Waals surface area contributed by atoms with Gasteiger partial charge < -0.3 is 5.73 Å². The van der Waals surface area contributed by atoms with Crippen molar-refractivity contribution >= 4 is 16.5 Å². The fraction of sp³-hybridized carbons (Fsp3) is 0.625. The summed E-state index contributed by atoms with van der Waals surface area (Å²) < 4.78 is 0. The van der Waals surface area contributed by atoms with Gasteiger partial charge in [0.05, 0.1) is 5.69 Å². The Balaban J connectivity index is 2.34. The number of aromatic nitrogens is 1. The van der Waals surface area contributed by atoms with Crippen LogP contribution in [-0.2, 0) is 12.8 Å². The van der Waals surface area contributed by atoms with E-state index in [0.717, 1.165) is 17.5 Å². The molecule has 0 saturated carbocycles. The molecule has 1 aliphatic rings. The summed E-state index contributed by atoms with van der Waals surface area (Å²) in [5.74, 6) is 0.822. The molecule has 0 aromatic carbocycles. The zero-order valence-electron chi connectivity index (χ0n) is 6.63. The number of hydrogen-bond donors (Lipinski definition) is 1. The first-order valence-corrected chi connectivity index (χ1v) is 4.81. The second kappa shape index (κ2) is 2.48. The van der Waals surface area contributed by atoms with Crippen LogP contribution in [0.4, 0.5) is 5.13 Å². The largest absolute Gasteiger partial charge is 0.375 e. The van der Waals surface area contributed by atoms with Gasteiger partial charge in [0.1, 0.15) is 0 Å². The van der Waals surface area contributed by atoms with Crippen LogP contribution >= 0.6 is 11.3 Å². The Labute approximate surface area is 70.5 Å². The van der Waals surface area contributed by atoms with Crippen LogP contribution in [0.2, 0.25) is 0 Å². The number of anilines is 1. The highest BCUT2D eigenvalue weighted by Crippen LogP contribution is 2.30. The van der Waals surface area contributed by atoms with Crippen LogP contribution in [0.1, 0.15) is 23.9 Å². The molecule has 1 atom stereocenters. The maximum atomic E-state index is 5.61. The van der Waals surface area contributed by atoms with Gasteiger partial charge in [-0.25, -0.2) is 4.98 Å². The highest BCUT2D eigenvalue weighted by atomic mass is 32.1. The molecule has 1 aromatic heterocycles. The summed E-state index contributed by atoms with van der Waals surface area (Å²) in [6.45, 7) is 2.29. The van der Waals surface area contributed by atoms with Crippen molar-refractivity contribution in [3.05, 3.63) is 10.6 Å². The van der Waals surface area contributed by atoms with Crippen molar-refractivity contribution in [2.75, 3.05) is 5.73 Å². The highest BCUT2D eigenvalue weighted by molar-refractivity contribution is 7.15. The van der Waals surface area contributed by atoms with Crippen LogP contribution in [0.5, 0.6) is 0 Å². The van der Waals surface area contributed by atoms with Gasteiger partial charge in [0.25, 0.3) is 0 Å². The minimum Gasteiger partial charge on any atom is -0.375 e. The summed E-state index contributed by atoms with van der Waals surface area (Å²) in [7, 11) is 0. The number of thiazole rings is 1. The molecular weight excluding hydrogens is 156 g/mol. The lowest BCUT2D eigenvalue weighted by molar-refractivity contribution is 0.502. The van der Waals surface area contributed by atoms with Crippen LogP contribution in [0.15, 0.2) is 0 Å². The Kier molecular flexibility index (Phi) is 1.60. The minimum absolute atomic E-state index is 0.740. The Morgan fingerprint density at radius 2 is 2.45 bits per heavy atom. The van der Waals surface area contributed by atoms with Gasteiger partial charge in [0.15, 0.2) is 5.13 Å². The van der Waals surface area contributed by atoms with Crippen molar-refractivity contribution in [1.29, 1.82) is 0 Å². The molecule has 0 spiro atoms. The van der Waals surface area contributed by atoms with E-state index in [4.69, 9.17) is 5.73 Å². The monoisotopic (exact) mass is 168 g/mol. The molecule has 2 N–H and O–H groups in total. The molecular formula is C8H12N2S. The van der Waals surface area contributed by atoms with E-state index in [1.807, 2.05) is 0 Å². The highest BCUT2D eigenvalue weighted by Gasteiger charge is 2.18. The average molecular weight is 168 g/mol. The molecule has 0 unspecified atom stereocenters. The lowest BCUT2D eigenvalue weighted by Gasteiger charge is -2.15. The molecule has 1 aromatic rings. The second-order valence-corrected chi connectivity index (χ2v) is 4.39. The fourth-order valence-corrected chi connectivity index (χ4v) is 2.60. The molecule has 2 rings (SSSR count). The third-order valence-corrected chi connectivity index (χ3v) is 3.15. The Bertz CT molecular complexity index is 267. The molecule has 0 aliphatic heterocycles. The standard InChI is InChI=1S/C8H12N2S/c1-5-2-3-6-7(4-5)11-8(9)10-6/h5H,2-4H2,1H3,(H2,9,10)/t5-/m1/s1. The van der Waals surface area contributed by atoms with Gasteiger partial charge in [-0.2, -0.15) is 0 Å². The molecule has 0 fully saturated rings. The van der Waals surface area contributed by atoms with E-state index in [1.165, 1.54) is 23.4 Å². The quantitative estimate of drug-likeness (QED) is 0.642. The number of aryl methyl sites for hydroxylation is 1. The predicted molar refractivity (Wildman–Crippen MR) is 47.7 cm³/mol. The van der Waals surface area contributed by atoms with Gasteiger partial charge in [0, 0.05) is 4.88 Å². The third kappa shape index (κ3) is 1.25. The number of nitrogen functional groups attached to an aromatic ring is 1. The first kappa shape index (κ1) is 7.10. The molecule has 0 bridgehead atoms. The molecule has 1 aliphatic carbocycles. The van der Waals surface area contributed by atoms with E-state index in [-0.39, 0.29) is 0 Å². The normalized spacial score (nSPS) is 23.2. The predicted octanol–water partition coefficient (Wildman–Crippen LogP) is 1.85. The van der Waals surface area contributed by atoms with Crippen LogP contribution in [0.25, 0.3) is 0 Å². The zero-order chi connectivity index (χ0) is 7.84. The van der Waals surface area contributed by atoms with Crippen LogP contribution in [-0.4, -0.2) is 4.98 Å². The fourth-order valence-electron chi connectivity index (χ4n) is 1.56. The van der Waals surface area contributed by atoms with Crippen molar-refractivity contribution in [2.24, 2.45) is 5.92 Å². The summed E-state index contributed by atoms with van der Waals surface area (Å²) in [6, 6.07) is 0. The Morgan fingerprint density at radius 3 is 3.27 bits per heavy atom. The SMILES string of the molecule is C[C@@H]1CCc2nc(N)sc2C1. The van der Waals surface area contributed by atoms with Crippen molar-refractivity contribution < 1.29 is 0 Å². The number of nitrogens with two attached hydrogens (primary N) is 1. The summed E-state index contributed by atoms with van der Waals surface area (Å²) in [4.78, 5) is 5.70. The molecule has 2 nitrogen and oxygen atoms in total. The number of rotatable bonds is 0. The maximum Gasteiger partial charge on any atom is 0.180 e. The van der Waals surface area contributed by atoms with Crippen LogP contribution in [0, 0.1) is 5.92 Å². The third-order valence-electron chi connectivity index (χ3n) is 2.20. The van der Waals surface area contributed by atoms with E-state index < -0.39 is 0 Å². The van der Waals surface area contributed by atoms with Crippen LogP contribution in [0.3, 0.4) is 0 Å². The second-order valence-electron chi connectivity index (χ2n) is 3.27. The van der Waals surface area contributed by atoms with Gasteiger partial charge in [0.2, 0.25) is 0 Å². The first-order valence-electron chi connectivity index (χ1n) is 4.00. The average Bonchev–Trinajstić information content (AvgIpc) is 2.27. The van der Waals surface area contributed by atoms with Crippen molar-refractivity contribution in [3.63, 3.8) is 0 Å². The first-order chi connectivity index (χ1) is 5.25. The maximum absolute atomic E-state index is 5.61. The van der Waals surface area contributed by atoms with Gasteiger partial charge >= 0.3 is 0 Å². The zero-order valence-corrected chi connectivity index (χ0v) is 7.45. The lowest BCUT2D eigenvalue weighted by Crippen LogP contribution is -2.09. The molecule has 1 heterocycles. The van der Waals surface area contributed by atoms with Crippen molar-refractivity contribution in [1.82, 2.24) is 4.98 Å². The van der Waals surface area contributed by atoms with E-state index in [9.17, 15) is 0 Å². The van der Waals surface area contributed by atoms with Gasteiger partial charge in [-0.05, 0) is 25.2 Å². The minimum atomic E-state index is 0.740. The van der Waals surface area contributed by atoms with Crippen molar-refractivity contribution in [3.8, 4) is 0 Å².